The summed E-state index contributed by atoms with van der Waals surface area (Å²) in [5, 5.41) is 4.90. The third-order valence-electron chi connectivity index (χ3n) is 6.05. The van der Waals surface area contributed by atoms with Crippen LogP contribution in [0.4, 0.5) is 0 Å². The van der Waals surface area contributed by atoms with Crippen LogP contribution in [-0.4, -0.2) is 85.9 Å². The van der Waals surface area contributed by atoms with Crippen LogP contribution < -0.4 is 5.73 Å². The molecule has 1 fully saturated rings. The molecule has 0 spiro atoms. The lowest BCUT2D eigenvalue weighted by Crippen LogP contribution is -2.54. The minimum absolute atomic E-state index is 0.0242. The molecule has 2 heterocycles. The number of nitrogens with two attached hydrogens (primary N) is 1. The lowest BCUT2D eigenvalue weighted by Gasteiger charge is -2.36. The van der Waals surface area contributed by atoms with E-state index >= 15 is 0 Å². The fraction of sp³-hybridized carbons (Fsp3) is 0.652. The van der Waals surface area contributed by atoms with Crippen LogP contribution in [0.15, 0.2) is 24.4 Å². The van der Waals surface area contributed by atoms with Gasteiger partial charge in [0.05, 0.1) is 23.5 Å². The molecule has 2 aromatic rings. The summed E-state index contributed by atoms with van der Waals surface area (Å²) in [6.45, 7) is 15.1. The number of aromatic nitrogens is 2. The number of carbonyl (C=O) groups excluding carboxylic acids is 1. The predicted octanol–water partition coefficient (Wildman–Crippen LogP) is 2.22. The molecule has 0 aliphatic carbocycles. The van der Waals surface area contributed by atoms with Crippen molar-refractivity contribution < 1.29 is 13.2 Å². The second-order valence-corrected chi connectivity index (χ2v) is 18.4. The van der Waals surface area contributed by atoms with E-state index in [0.29, 0.717) is 37.0 Å². The quantitative estimate of drug-likeness (QED) is 0.538. The zero-order chi connectivity index (χ0) is 24.4. The summed E-state index contributed by atoms with van der Waals surface area (Å²) < 4.78 is 26.8. The number of hydrogen-bond acceptors (Lipinski definition) is 6. The average molecular weight is 494 g/mol. The highest BCUT2D eigenvalue weighted by Crippen LogP contribution is 2.20. The zero-order valence-electron chi connectivity index (χ0n) is 20.6. The van der Waals surface area contributed by atoms with Crippen molar-refractivity contribution in [3.05, 3.63) is 30.0 Å². The van der Waals surface area contributed by atoms with Crippen LogP contribution in [-0.2, 0) is 21.2 Å². The molecule has 33 heavy (non-hydrogen) atoms. The van der Waals surface area contributed by atoms with Gasteiger partial charge in [0.25, 0.3) is 10.0 Å². The van der Waals surface area contributed by atoms with Crippen molar-refractivity contribution >= 4 is 34.9 Å². The van der Waals surface area contributed by atoms with Gasteiger partial charge in [-0.2, -0.15) is 9.19 Å². The maximum absolute atomic E-state index is 12.9. The van der Waals surface area contributed by atoms with E-state index in [1.54, 1.807) is 12.3 Å². The van der Waals surface area contributed by atoms with E-state index < -0.39 is 24.1 Å². The first-order chi connectivity index (χ1) is 15.4. The molecule has 1 aromatic carbocycles. The fourth-order valence-corrected chi connectivity index (χ4v) is 8.48. The molecule has 2 N–H and O–H groups in total. The summed E-state index contributed by atoms with van der Waals surface area (Å²) in [6.07, 6.45) is 1.99. The molecule has 1 aliphatic rings. The molecule has 1 aromatic heterocycles. The smallest absolute Gasteiger partial charge is 0.254 e. The minimum Gasteiger partial charge on any atom is -0.339 e. The van der Waals surface area contributed by atoms with E-state index in [1.165, 1.54) is 0 Å². The van der Waals surface area contributed by atoms with Crippen LogP contribution in [0.2, 0.25) is 25.7 Å². The van der Waals surface area contributed by atoms with Crippen molar-refractivity contribution in [2.45, 2.75) is 52.0 Å². The van der Waals surface area contributed by atoms with Crippen LogP contribution >= 0.6 is 0 Å². The van der Waals surface area contributed by atoms with Gasteiger partial charge in [0, 0.05) is 46.2 Å². The third-order valence-corrected chi connectivity index (χ3v) is 9.70. The average Bonchev–Trinajstić information content (AvgIpc) is 3.16. The Balaban J connectivity index is 1.64. The van der Waals surface area contributed by atoms with Crippen LogP contribution in [0.25, 0.3) is 10.9 Å². The van der Waals surface area contributed by atoms with E-state index in [9.17, 15) is 13.2 Å². The van der Waals surface area contributed by atoms with Gasteiger partial charge in [0.2, 0.25) is 5.91 Å². The van der Waals surface area contributed by atoms with Gasteiger partial charge < -0.3 is 10.6 Å². The van der Waals surface area contributed by atoms with Crippen molar-refractivity contribution in [2.75, 3.05) is 38.5 Å². The first kappa shape index (κ1) is 25.9. The Morgan fingerprint density at radius 3 is 2.42 bits per heavy atom. The summed E-state index contributed by atoms with van der Waals surface area (Å²) >= 11 is 0. The van der Waals surface area contributed by atoms with Crippen LogP contribution in [0.5, 0.6) is 0 Å². The number of benzene rings is 1. The van der Waals surface area contributed by atoms with Gasteiger partial charge in [-0.05, 0) is 36.1 Å². The van der Waals surface area contributed by atoms with Crippen molar-refractivity contribution in [2.24, 2.45) is 11.7 Å². The van der Waals surface area contributed by atoms with Crippen molar-refractivity contribution in [1.82, 2.24) is 19.0 Å². The third kappa shape index (κ3) is 6.88. The highest BCUT2D eigenvalue weighted by atomic mass is 32.2. The van der Waals surface area contributed by atoms with Gasteiger partial charge in [-0.1, -0.05) is 39.6 Å². The number of nitrogens with zero attached hydrogens (tertiary/aromatic N) is 4. The number of amides is 1. The van der Waals surface area contributed by atoms with E-state index in [4.69, 9.17) is 5.73 Å². The Morgan fingerprint density at radius 1 is 1.15 bits per heavy atom. The topological polar surface area (TPSA) is 102 Å². The minimum atomic E-state index is -3.50. The normalized spacial score (nSPS) is 17.1. The molecular weight excluding hydrogens is 454 g/mol. The Morgan fingerprint density at radius 2 is 1.82 bits per heavy atom. The predicted molar refractivity (Wildman–Crippen MR) is 137 cm³/mol. The first-order valence-electron chi connectivity index (χ1n) is 11.8. The number of hydrogen-bond donors (Lipinski definition) is 1. The van der Waals surface area contributed by atoms with E-state index in [0.717, 1.165) is 34.7 Å². The standard InChI is InChI=1S/C23H39N5O3SSi/c1-18(2)17-26-8-10-27(11-9-26)23(29)21(24)15-19-6-7-22-20(14-19)16-25-28(22)32(30,31)12-13-33(3,4)5/h6-7,14,16,18,21H,8-13,15,17,24H2,1-5H3. The Hall–Kier alpha value is -1.75. The molecule has 1 amide bonds. The second-order valence-electron chi connectivity index (χ2n) is 10.8. The summed E-state index contributed by atoms with van der Waals surface area (Å²) in [7, 11) is -4.99. The molecule has 0 saturated carbocycles. The lowest BCUT2D eigenvalue weighted by molar-refractivity contribution is -0.134. The van der Waals surface area contributed by atoms with Crippen LogP contribution in [0.3, 0.4) is 0 Å². The van der Waals surface area contributed by atoms with Crippen molar-refractivity contribution in [3.63, 3.8) is 0 Å². The zero-order valence-corrected chi connectivity index (χ0v) is 22.4. The largest absolute Gasteiger partial charge is 0.339 e. The maximum Gasteiger partial charge on any atom is 0.254 e. The van der Waals surface area contributed by atoms with Crippen molar-refractivity contribution in [1.29, 1.82) is 0 Å². The van der Waals surface area contributed by atoms with Crippen molar-refractivity contribution in [3.8, 4) is 0 Å². The number of piperazine rings is 1. The SMILES string of the molecule is CC(C)CN1CCN(C(=O)C(N)Cc2ccc3c(cnn3S(=O)(=O)CC[Si](C)(C)C)c2)CC1. The number of carbonyl (C=O) groups is 1. The van der Waals surface area contributed by atoms with Crippen LogP contribution in [0, 0.1) is 5.92 Å². The molecule has 1 atom stereocenters. The molecule has 0 radical (unpaired) electrons. The van der Waals surface area contributed by atoms with E-state index in [1.807, 2.05) is 17.0 Å². The van der Waals surface area contributed by atoms with Gasteiger partial charge >= 0.3 is 0 Å². The fourth-order valence-electron chi connectivity index (χ4n) is 4.17. The Kier molecular flexibility index (Phi) is 8.03. The Labute approximate surface area is 199 Å². The monoisotopic (exact) mass is 493 g/mol. The van der Waals surface area contributed by atoms with Gasteiger partial charge in [0.1, 0.15) is 0 Å². The first-order valence-corrected chi connectivity index (χ1v) is 17.1. The Bertz CT molecular complexity index is 1070. The van der Waals surface area contributed by atoms with E-state index in [-0.39, 0.29) is 11.7 Å². The highest BCUT2D eigenvalue weighted by Gasteiger charge is 2.26. The second kappa shape index (κ2) is 10.2. The van der Waals surface area contributed by atoms with Gasteiger partial charge in [-0.3, -0.25) is 9.69 Å². The number of fused-ring (bicyclic) bond motifs is 1. The summed E-state index contributed by atoms with van der Waals surface area (Å²) in [4.78, 5) is 17.1. The number of rotatable bonds is 9. The molecule has 0 bridgehead atoms. The van der Waals surface area contributed by atoms with Gasteiger partial charge in [-0.25, -0.2) is 8.42 Å². The summed E-state index contributed by atoms with van der Waals surface area (Å²) in [5.41, 5.74) is 7.75. The van der Waals surface area contributed by atoms with E-state index in [2.05, 4.69) is 43.5 Å². The molecular formula is C23H39N5O3SSi. The summed E-state index contributed by atoms with van der Waals surface area (Å²) in [6, 6.07) is 5.58. The van der Waals surface area contributed by atoms with Crippen LogP contribution in [0.1, 0.15) is 19.4 Å². The molecule has 3 rings (SSSR count). The summed E-state index contributed by atoms with van der Waals surface area (Å²) in [5.74, 6) is 0.693. The molecule has 184 valence electrons. The lowest BCUT2D eigenvalue weighted by atomic mass is 10.0. The molecule has 1 unspecified atom stereocenters. The maximum atomic E-state index is 12.9. The molecule has 10 heteroatoms. The molecule has 1 aliphatic heterocycles. The highest BCUT2D eigenvalue weighted by molar-refractivity contribution is 7.90. The molecule has 8 nitrogen and oxygen atoms in total. The van der Waals surface area contributed by atoms with Gasteiger partial charge in [-0.15, -0.1) is 0 Å². The molecule has 1 saturated heterocycles. The van der Waals surface area contributed by atoms with Gasteiger partial charge in [0.15, 0.2) is 0 Å².